The number of hydrogen-bond donors (Lipinski definition) is 2. The highest BCUT2D eigenvalue weighted by atomic mass is 35.5. The van der Waals surface area contributed by atoms with Gasteiger partial charge in [0.05, 0.1) is 12.8 Å². The van der Waals surface area contributed by atoms with Gasteiger partial charge in [0.25, 0.3) is 11.8 Å². The van der Waals surface area contributed by atoms with E-state index in [0.717, 1.165) is 0 Å². The van der Waals surface area contributed by atoms with Crippen LogP contribution in [0.25, 0.3) is 0 Å². The lowest BCUT2D eigenvalue weighted by Gasteiger charge is -2.12. The van der Waals surface area contributed by atoms with Gasteiger partial charge in [-0.2, -0.15) is 4.57 Å². The summed E-state index contributed by atoms with van der Waals surface area (Å²) >= 11 is 5.95. The van der Waals surface area contributed by atoms with Gasteiger partial charge in [-0.05, 0) is 24.3 Å². The number of primary amides is 1. The predicted molar refractivity (Wildman–Crippen MR) is 86.5 cm³/mol. The largest absolute Gasteiger partial charge is 0.495 e. The van der Waals surface area contributed by atoms with E-state index in [1.165, 1.54) is 13.3 Å². The van der Waals surface area contributed by atoms with Crippen LogP contribution in [0.3, 0.4) is 0 Å². The van der Waals surface area contributed by atoms with Crippen LogP contribution < -0.4 is 20.4 Å². The number of nitrogens with two attached hydrogens (primary N) is 1. The van der Waals surface area contributed by atoms with Crippen molar-refractivity contribution >= 4 is 29.1 Å². The standard InChI is InChI=1S/C16H16ClN3O3/c1-10(20-7-3-4-11(9-20)15(18)21)16(22)19-13-8-12(17)5-6-14(13)23-2/h3-10H,1-2H3,(H2-,18,19,21,22)/p+1/t10-/m0/s1. The molecule has 6 nitrogen and oxygen atoms in total. The third-order valence-electron chi connectivity index (χ3n) is 3.35. The molecule has 0 saturated carbocycles. The summed E-state index contributed by atoms with van der Waals surface area (Å²) < 4.78 is 6.80. The quantitative estimate of drug-likeness (QED) is 0.819. The van der Waals surface area contributed by atoms with Crippen LogP contribution in [-0.4, -0.2) is 18.9 Å². The van der Waals surface area contributed by atoms with Gasteiger partial charge < -0.3 is 15.8 Å². The number of pyridine rings is 1. The third-order valence-corrected chi connectivity index (χ3v) is 3.59. The van der Waals surface area contributed by atoms with Crippen LogP contribution in [0.15, 0.2) is 42.7 Å². The molecule has 1 aromatic carbocycles. The Balaban J connectivity index is 2.22. The van der Waals surface area contributed by atoms with E-state index >= 15 is 0 Å². The normalized spacial score (nSPS) is 11.6. The van der Waals surface area contributed by atoms with Crippen molar-refractivity contribution in [2.24, 2.45) is 5.73 Å². The minimum absolute atomic E-state index is 0.280. The molecule has 2 amide bonds. The molecule has 7 heteroatoms. The lowest BCUT2D eigenvalue weighted by molar-refractivity contribution is -0.705. The molecule has 1 atom stereocenters. The smallest absolute Gasteiger partial charge is 0.293 e. The number of anilines is 1. The number of halogens is 1. The van der Waals surface area contributed by atoms with E-state index in [1.54, 1.807) is 48.0 Å². The summed E-state index contributed by atoms with van der Waals surface area (Å²) in [5, 5.41) is 3.25. The second-order valence-corrected chi connectivity index (χ2v) is 5.35. The van der Waals surface area contributed by atoms with E-state index in [2.05, 4.69) is 5.32 Å². The second-order valence-electron chi connectivity index (χ2n) is 4.91. The van der Waals surface area contributed by atoms with Crippen LogP contribution in [0.5, 0.6) is 5.75 Å². The fourth-order valence-electron chi connectivity index (χ4n) is 2.03. The SMILES string of the molecule is COc1ccc(Cl)cc1NC(=O)[C@H](C)[n+]1cccc(C(N)=O)c1. The maximum Gasteiger partial charge on any atom is 0.293 e. The molecular weight excluding hydrogens is 318 g/mol. The van der Waals surface area contributed by atoms with E-state index < -0.39 is 11.9 Å². The molecule has 1 aromatic heterocycles. The number of carbonyl (C=O) groups is 2. The summed E-state index contributed by atoms with van der Waals surface area (Å²) in [4.78, 5) is 23.7. The van der Waals surface area contributed by atoms with Crippen LogP contribution in [0.4, 0.5) is 5.69 Å². The Morgan fingerprint density at radius 1 is 1.35 bits per heavy atom. The minimum Gasteiger partial charge on any atom is -0.495 e. The van der Waals surface area contributed by atoms with Crippen molar-refractivity contribution in [2.75, 3.05) is 12.4 Å². The van der Waals surface area contributed by atoms with Gasteiger partial charge in [0.1, 0.15) is 11.3 Å². The zero-order valence-corrected chi connectivity index (χ0v) is 13.5. The number of nitrogens with zero attached hydrogens (tertiary/aromatic N) is 1. The number of hydrogen-bond acceptors (Lipinski definition) is 3. The Labute approximate surface area is 138 Å². The number of nitrogens with one attached hydrogen (secondary N) is 1. The van der Waals surface area contributed by atoms with Crippen molar-refractivity contribution in [1.29, 1.82) is 0 Å². The zero-order valence-electron chi connectivity index (χ0n) is 12.7. The maximum absolute atomic E-state index is 12.4. The molecule has 23 heavy (non-hydrogen) atoms. The molecule has 3 N–H and O–H groups in total. The van der Waals surface area contributed by atoms with Crippen LogP contribution >= 0.6 is 11.6 Å². The number of ether oxygens (including phenoxy) is 1. The van der Waals surface area contributed by atoms with Gasteiger partial charge in [0.15, 0.2) is 12.4 Å². The number of amides is 2. The van der Waals surface area contributed by atoms with E-state index in [9.17, 15) is 9.59 Å². The molecule has 0 aliphatic heterocycles. The average molecular weight is 335 g/mol. The summed E-state index contributed by atoms with van der Waals surface area (Å²) in [6, 6.07) is 7.63. The highest BCUT2D eigenvalue weighted by Crippen LogP contribution is 2.28. The van der Waals surface area contributed by atoms with Crippen LogP contribution in [0.1, 0.15) is 23.3 Å². The highest BCUT2D eigenvalue weighted by molar-refractivity contribution is 6.31. The molecule has 0 spiro atoms. The summed E-state index contributed by atoms with van der Waals surface area (Å²) in [5.74, 6) is -0.327. The Bertz CT molecular complexity index is 749. The summed E-state index contributed by atoms with van der Waals surface area (Å²) in [6.07, 6.45) is 3.22. The Morgan fingerprint density at radius 2 is 2.09 bits per heavy atom. The monoisotopic (exact) mass is 334 g/mol. The Hall–Kier alpha value is -2.60. The molecule has 0 bridgehead atoms. The van der Waals surface area contributed by atoms with Crippen LogP contribution in [0, 0.1) is 0 Å². The Kier molecular flexibility index (Phi) is 5.18. The van der Waals surface area contributed by atoms with E-state index in [0.29, 0.717) is 22.0 Å². The van der Waals surface area contributed by atoms with E-state index in [1.807, 2.05) is 0 Å². The van der Waals surface area contributed by atoms with Crippen molar-refractivity contribution in [2.45, 2.75) is 13.0 Å². The van der Waals surface area contributed by atoms with Crippen molar-refractivity contribution in [3.8, 4) is 5.75 Å². The summed E-state index contributed by atoms with van der Waals surface area (Å²) in [5.41, 5.74) is 6.05. The molecule has 2 aromatic rings. The maximum atomic E-state index is 12.4. The molecule has 0 unspecified atom stereocenters. The molecule has 120 valence electrons. The molecule has 0 fully saturated rings. The van der Waals surface area contributed by atoms with Gasteiger partial charge in [0, 0.05) is 18.0 Å². The number of benzene rings is 1. The van der Waals surface area contributed by atoms with Crippen LogP contribution in [0.2, 0.25) is 5.02 Å². The highest BCUT2D eigenvalue weighted by Gasteiger charge is 2.24. The predicted octanol–water partition coefficient (Wildman–Crippen LogP) is 1.93. The molecular formula is C16H17ClN3O3+. The molecule has 0 aliphatic rings. The number of methoxy groups -OCH3 is 1. The average Bonchev–Trinajstić information content (AvgIpc) is 2.54. The lowest BCUT2D eigenvalue weighted by Crippen LogP contribution is -2.44. The lowest BCUT2D eigenvalue weighted by atomic mass is 10.2. The first-order valence-corrected chi connectivity index (χ1v) is 7.25. The van der Waals surface area contributed by atoms with Crippen molar-refractivity contribution in [1.82, 2.24) is 0 Å². The van der Waals surface area contributed by atoms with Gasteiger partial charge in [-0.25, -0.2) is 0 Å². The summed E-state index contributed by atoms with van der Waals surface area (Å²) in [6.45, 7) is 1.71. The van der Waals surface area contributed by atoms with Gasteiger partial charge in [-0.3, -0.25) is 9.59 Å². The van der Waals surface area contributed by atoms with E-state index in [4.69, 9.17) is 22.1 Å². The molecule has 0 saturated heterocycles. The zero-order chi connectivity index (χ0) is 17.0. The fourth-order valence-corrected chi connectivity index (χ4v) is 2.20. The molecule has 2 rings (SSSR count). The molecule has 0 aliphatic carbocycles. The summed E-state index contributed by atoms with van der Waals surface area (Å²) in [7, 11) is 1.51. The van der Waals surface area contributed by atoms with Gasteiger partial charge in [-0.1, -0.05) is 11.6 Å². The molecule has 0 radical (unpaired) electrons. The van der Waals surface area contributed by atoms with Crippen molar-refractivity contribution in [3.63, 3.8) is 0 Å². The first-order chi connectivity index (χ1) is 10.9. The topological polar surface area (TPSA) is 85.3 Å². The Morgan fingerprint density at radius 3 is 2.74 bits per heavy atom. The van der Waals surface area contributed by atoms with Crippen LogP contribution in [-0.2, 0) is 4.79 Å². The second kappa shape index (κ2) is 7.11. The third kappa shape index (κ3) is 3.98. The van der Waals surface area contributed by atoms with Crippen molar-refractivity contribution < 1.29 is 18.9 Å². The number of carbonyl (C=O) groups excluding carboxylic acids is 2. The van der Waals surface area contributed by atoms with Crippen molar-refractivity contribution in [3.05, 3.63) is 53.3 Å². The van der Waals surface area contributed by atoms with E-state index in [-0.39, 0.29) is 5.91 Å². The van der Waals surface area contributed by atoms with Gasteiger partial charge >= 0.3 is 0 Å². The van der Waals surface area contributed by atoms with Gasteiger partial charge in [-0.15, -0.1) is 0 Å². The first kappa shape index (κ1) is 16.8. The minimum atomic E-state index is -0.557. The van der Waals surface area contributed by atoms with Gasteiger partial charge in [0.2, 0.25) is 6.04 Å². The molecule has 1 heterocycles. The first-order valence-electron chi connectivity index (χ1n) is 6.87. The number of aromatic nitrogens is 1. The fraction of sp³-hybridized carbons (Fsp3) is 0.188. The number of rotatable bonds is 5.